The van der Waals surface area contributed by atoms with Gasteiger partial charge in [-0.2, -0.15) is 0 Å². The van der Waals surface area contributed by atoms with E-state index in [2.05, 4.69) is 22.1 Å². The molecule has 1 fully saturated rings. The van der Waals surface area contributed by atoms with Gasteiger partial charge in [-0.1, -0.05) is 6.92 Å². The third-order valence-electron chi connectivity index (χ3n) is 4.24. The molecule has 0 aliphatic carbocycles. The van der Waals surface area contributed by atoms with E-state index < -0.39 is 0 Å². The smallest absolute Gasteiger partial charge is 0.264 e. The van der Waals surface area contributed by atoms with E-state index in [1.54, 1.807) is 0 Å². The molecule has 1 aliphatic heterocycles. The second-order valence-corrected chi connectivity index (χ2v) is 7.25. The predicted octanol–water partition coefficient (Wildman–Crippen LogP) is 3.53. The predicted molar refractivity (Wildman–Crippen MR) is 96.3 cm³/mol. The fraction of sp³-hybridized carbons (Fsp3) is 0.444. The quantitative estimate of drug-likeness (QED) is 0.853. The minimum Gasteiger partial charge on any atom is -0.484 e. The van der Waals surface area contributed by atoms with Crippen molar-refractivity contribution in [3.63, 3.8) is 0 Å². The molecule has 0 saturated carbocycles. The fourth-order valence-corrected chi connectivity index (χ4v) is 3.44. The number of ether oxygens (including phenoxy) is 1. The lowest BCUT2D eigenvalue weighted by Crippen LogP contribution is -2.32. The number of carbonyl (C=O) groups excluding carboxylic acids is 1. The van der Waals surface area contributed by atoms with E-state index in [9.17, 15) is 9.18 Å². The number of hydrogen-bond acceptors (Lipinski definition) is 5. The maximum Gasteiger partial charge on any atom is 0.264 e. The highest BCUT2D eigenvalue weighted by molar-refractivity contribution is 7.13. The molecule has 134 valence electrons. The molecule has 2 aromatic rings. The van der Waals surface area contributed by atoms with Gasteiger partial charge in [0.15, 0.2) is 11.7 Å². The Kier molecular flexibility index (Phi) is 5.99. The van der Waals surface area contributed by atoms with Crippen LogP contribution < -0.4 is 10.1 Å². The summed E-state index contributed by atoms with van der Waals surface area (Å²) in [5, 5.41) is 5.30. The number of carbonyl (C=O) groups is 1. The summed E-state index contributed by atoms with van der Waals surface area (Å²) in [7, 11) is 0. The van der Waals surface area contributed by atoms with Crippen LogP contribution in [0.25, 0.3) is 0 Å². The first-order chi connectivity index (χ1) is 12.1. The third-order valence-corrected chi connectivity index (χ3v) is 5.05. The molecular formula is C18H22FN3O2S. The van der Waals surface area contributed by atoms with Crippen LogP contribution in [0.4, 0.5) is 9.52 Å². The van der Waals surface area contributed by atoms with Crippen molar-refractivity contribution in [3.8, 4) is 5.75 Å². The topological polar surface area (TPSA) is 54.5 Å². The van der Waals surface area contributed by atoms with Crippen molar-refractivity contribution in [2.45, 2.75) is 26.3 Å². The van der Waals surface area contributed by atoms with E-state index in [1.165, 1.54) is 48.4 Å². The van der Waals surface area contributed by atoms with Crippen molar-refractivity contribution < 1.29 is 13.9 Å². The maximum absolute atomic E-state index is 12.8. The van der Waals surface area contributed by atoms with Crippen LogP contribution in [0.15, 0.2) is 29.6 Å². The molecule has 1 aliphatic rings. The van der Waals surface area contributed by atoms with Crippen molar-refractivity contribution in [1.29, 1.82) is 0 Å². The number of nitrogens with one attached hydrogen (secondary N) is 1. The van der Waals surface area contributed by atoms with E-state index in [0.29, 0.717) is 10.9 Å². The number of likely N-dealkylation sites (tertiary alicyclic amines) is 1. The minimum absolute atomic E-state index is 0.134. The largest absolute Gasteiger partial charge is 0.484 e. The van der Waals surface area contributed by atoms with Gasteiger partial charge in [-0.25, -0.2) is 9.37 Å². The molecule has 0 radical (unpaired) electrons. The zero-order valence-corrected chi connectivity index (χ0v) is 15.0. The molecule has 25 heavy (non-hydrogen) atoms. The van der Waals surface area contributed by atoms with Crippen molar-refractivity contribution >= 4 is 22.4 Å². The second kappa shape index (κ2) is 8.40. The minimum atomic E-state index is -0.338. The molecular weight excluding hydrogens is 341 g/mol. The SMILES string of the molecule is CC1CCN(Cc2csc(NC(=O)COc3ccc(F)cc3)n2)CC1. The number of nitrogens with zero attached hydrogens (tertiary/aromatic N) is 2. The lowest BCUT2D eigenvalue weighted by Gasteiger charge is -2.29. The number of rotatable bonds is 6. The number of hydrogen-bond donors (Lipinski definition) is 1. The van der Waals surface area contributed by atoms with Crippen LogP contribution in [0.2, 0.25) is 0 Å². The number of anilines is 1. The van der Waals surface area contributed by atoms with Gasteiger partial charge in [-0.05, 0) is 56.1 Å². The zero-order chi connectivity index (χ0) is 17.6. The molecule has 0 bridgehead atoms. The standard InChI is InChI=1S/C18H22FN3O2S/c1-13-6-8-22(9-7-13)10-15-12-25-18(20-15)21-17(23)11-24-16-4-2-14(19)3-5-16/h2-5,12-13H,6-11H2,1H3,(H,20,21,23). The summed E-state index contributed by atoms with van der Waals surface area (Å²) in [4.78, 5) is 18.8. The molecule has 0 atom stereocenters. The van der Waals surface area contributed by atoms with Gasteiger partial charge in [0.2, 0.25) is 0 Å². The van der Waals surface area contributed by atoms with Crippen LogP contribution in [-0.4, -0.2) is 35.5 Å². The highest BCUT2D eigenvalue weighted by Gasteiger charge is 2.17. The van der Waals surface area contributed by atoms with Gasteiger partial charge in [-0.15, -0.1) is 11.3 Å². The Morgan fingerprint density at radius 3 is 2.80 bits per heavy atom. The van der Waals surface area contributed by atoms with Crippen LogP contribution in [0.5, 0.6) is 5.75 Å². The maximum atomic E-state index is 12.8. The van der Waals surface area contributed by atoms with Crippen LogP contribution in [0, 0.1) is 11.7 Å². The Bertz CT molecular complexity index is 697. The third kappa shape index (κ3) is 5.51. The van der Waals surface area contributed by atoms with Gasteiger partial charge in [0.05, 0.1) is 5.69 Å². The number of halogens is 1. The second-order valence-electron chi connectivity index (χ2n) is 6.39. The fourth-order valence-electron chi connectivity index (χ4n) is 2.72. The van der Waals surface area contributed by atoms with Crippen molar-refractivity contribution in [2.75, 3.05) is 25.0 Å². The van der Waals surface area contributed by atoms with Crippen molar-refractivity contribution in [2.24, 2.45) is 5.92 Å². The van der Waals surface area contributed by atoms with Crippen LogP contribution in [0.3, 0.4) is 0 Å². The molecule has 1 N–H and O–H groups in total. The Balaban J connectivity index is 1.44. The van der Waals surface area contributed by atoms with Crippen LogP contribution in [0.1, 0.15) is 25.5 Å². The van der Waals surface area contributed by atoms with Gasteiger partial charge >= 0.3 is 0 Å². The molecule has 1 saturated heterocycles. The summed E-state index contributed by atoms with van der Waals surface area (Å²) in [6, 6.07) is 5.57. The first kappa shape index (κ1) is 17.8. The summed E-state index contributed by atoms with van der Waals surface area (Å²) in [6.07, 6.45) is 2.46. The van der Waals surface area contributed by atoms with Gasteiger partial charge in [0.25, 0.3) is 5.91 Å². The number of aromatic nitrogens is 1. The molecule has 5 nitrogen and oxygen atoms in total. The average molecular weight is 363 g/mol. The lowest BCUT2D eigenvalue weighted by molar-refractivity contribution is -0.118. The molecule has 1 amide bonds. The number of benzene rings is 1. The van der Waals surface area contributed by atoms with E-state index in [-0.39, 0.29) is 18.3 Å². The normalized spacial score (nSPS) is 15.9. The Morgan fingerprint density at radius 2 is 2.08 bits per heavy atom. The molecule has 7 heteroatoms. The molecule has 2 heterocycles. The molecule has 0 spiro atoms. The summed E-state index contributed by atoms with van der Waals surface area (Å²) >= 11 is 1.42. The van der Waals surface area contributed by atoms with Gasteiger partial charge in [0, 0.05) is 11.9 Å². The van der Waals surface area contributed by atoms with Crippen molar-refractivity contribution in [3.05, 3.63) is 41.2 Å². The van der Waals surface area contributed by atoms with E-state index >= 15 is 0 Å². The summed E-state index contributed by atoms with van der Waals surface area (Å²) < 4.78 is 18.1. The average Bonchev–Trinajstić information content (AvgIpc) is 3.03. The van der Waals surface area contributed by atoms with Gasteiger partial charge < -0.3 is 4.74 Å². The van der Waals surface area contributed by atoms with E-state index in [1.807, 2.05) is 5.38 Å². The monoisotopic (exact) mass is 363 g/mol. The first-order valence-electron chi connectivity index (χ1n) is 8.43. The zero-order valence-electron chi connectivity index (χ0n) is 14.2. The molecule has 3 rings (SSSR count). The van der Waals surface area contributed by atoms with E-state index in [4.69, 9.17) is 4.74 Å². The Labute approximate surface area is 150 Å². The Morgan fingerprint density at radius 1 is 1.36 bits per heavy atom. The molecule has 0 unspecified atom stereocenters. The highest BCUT2D eigenvalue weighted by Crippen LogP contribution is 2.21. The van der Waals surface area contributed by atoms with Gasteiger partial charge in [0.1, 0.15) is 11.6 Å². The van der Waals surface area contributed by atoms with Crippen LogP contribution in [-0.2, 0) is 11.3 Å². The first-order valence-corrected chi connectivity index (χ1v) is 9.31. The van der Waals surface area contributed by atoms with Crippen LogP contribution >= 0.6 is 11.3 Å². The Hall–Kier alpha value is -1.99. The van der Waals surface area contributed by atoms with Crippen molar-refractivity contribution in [1.82, 2.24) is 9.88 Å². The van der Waals surface area contributed by atoms with Gasteiger partial charge in [-0.3, -0.25) is 15.0 Å². The highest BCUT2D eigenvalue weighted by atomic mass is 32.1. The molecule has 1 aromatic carbocycles. The lowest BCUT2D eigenvalue weighted by atomic mass is 9.99. The number of thiazole rings is 1. The number of amides is 1. The van der Waals surface area contributed by atoms with E-state index in [0.717, 1.165) is 31.2 Å². The summed E-state index contributed by atoms with van der Waals surface area (Å²) in [6.45, 7) is 5.19. The molecule has 1 aromatic heterocycles. The number of piperidine rings is 1. The summed E-state index contributed by atoms with van der Waals surface area (Å²) in [5.74, 6) is 0.644. The summed E-state index contributed by atoms with van der Waals surface area (Å²) in [5.41, 5.74) is 0.981.